The van der Waals surface area contributed by atoms with Crippen LogP contribution in [0, 0.1) is 6.92 Å². The standard InChI is InChI=1S/C18H16N4O4S/c1-11-9-14(21-26-11)17(24)20-18-19-13-6-7-22(10-15(13)27-18)16(23)5-4-12-3-2-8-25-12/h2-5,8-9H,6-7,10H2,1H3,(H,19,20,24). The summed E-state index contributed by atoms with van der Waals surface area (Å²) in [4.78, 5) is 31.7. The molecule has 1 N–H and O–H groups in total. The molecule has 4 heterocycles. The highest BCUT2D eigenvalue weighted by atomic mass is 32.1. The predicted molar refractivity (Wildman–Crippen MR) is 98.2 cm³/mol. The van der Waals surface area contributed by atoms with E-state index in [1.54, 1.807) is 42.4 Å². The number of aromatic nitrogens is 2. The SMILES string of the molecule is Cc1cc(C(=O)Nc2nc3c(s2)CN(C(=O)C=Cc2ccco2)CC3)no1. The van der Waals surface area contributed by atoms with Gasteiger partial charge >= 0.3 is 0 Å². The highest BCUT2D eigenvalue weighted by Gasteiger charge is 2.24. The van der Waals surface area contributed by atoms with Crippen molar-refractivity contribution in [3.63, 3.8) is 0 Å². The molecule has 3 aromatic rings. The topological polar surface area (TPSA) is 101 Å². The van der Waals surface area contributed by atoms with E-state index in [-0.39, 0.29) is 17.5 Å². The number of hydrogen-bond acceptors (Lipinski definition) is 7. The first-order valence-electron chi connectivity index (χ1n) is 8.32. The van der Waals surface area contributed by atoms with Gasteiger partial charge in [-0.2, -0.15) is 0 Å². The molecule has 0 radical (unpaired) electrons. The number of rotatable bonds is 4. The fourth-order valence-corrected chi connectivity index (χ4v) is 3.74. The number of aryl methyl sites for hydroxylation is 1. The van der Waals surface area contributed by atoms with Crippen LogP contribution in [0.5, 0.6) is 0 Å². The van der Waals surface area contributed by atoms with Crippen LogP contribution in [0.25, 0.3) is 6.08 Å². The lowest BCUT2D eigenvalue weighted by atomic mass is 10.2. The van der Waals surface area contributed by atoms with Gasteiger partial charge in [0.2, 0.25) is 5.91 Å². The summed E-state index contributed by atoms with van der Waals surface area (Å²) in [6.07, 6.45) is 5.35. The second kappa shape index (κ2) is 7.20. The van der Waals surface area contributed by atoms with Crippen molar-refractivity contribution in [1.29, 1.82) is 0 Å². The van der Waals surface area contributed by atoms with Crippen LogP contribution in [0.2, 0.25) is 0 Å². The minimum absolute atomic E-state index is 0.0888. The maximum Gasteiger partial charge on any atom is 0.279 e. The molecular formula is C18H16N4O4S. The van der Waals surface area contributed by atoms with E-state index in [9.17, 15) is 9.59 Å². The van der Waals surface area contributed by atoms with E-state index >= 15 is 0 Å². The Hall–Kier alpha value is -3.20. The lowest BCUT2D eigenvalue weighted by Gasteiger charge is -2.24. The van der Waals surface area contributed by atoms with Crippen molar-refractivity contribution in [3.05, 3.63) is 58.3 Å². The molecular weight excluding hydrogens is 368 g/mol. The minimum atomic E-state index is -0.368. The number of nitrogens with zero attached hydrogens (tertiary/aromatic N) is 3. The molecule has 2 amide bonds. The molecule has 8 nitrogen and oxygen atoms in total. The number of thiazole rings is 1. The molecule has 0 aliphatic carbocycles. The summed E-state index contributed by atoms with van der Waals surface area (Å²) in [7, 11) is 0. The van der Waals surface area contributed by atoms with Gasteiger partial charge in [0.15, 0.2) is 10.8 Å². The van der Waals surface area contributed by atoms with Crippen molar-refractivity contribution in [2.75, 3.05) is 11.9 Å². The van der Waals surface area contributed by atoms with Gasteiger partial charge in [0.05, 0.1) is 18.5 Å². The first kappa shape index (κ1) is 17.2. The van der Waals surface area contributed by atoms with E-state index in [1.165, 1.54) is 17.4 Å². The van der Waals surface area contributed by atoms with Crippen LogP contribution in [0.15, 0.2) is 39.5 Å². The largest absolute Gasteiger partial charge is 0.465 e. The van der Waals surface area contributed by atoms with Crippen molar-refractivity contribution in [3.8, 4) is 0 Å². The quantitative estimate of drug-likeness (QED) is 0.694. The maximum atomic E-state index is 12.4. The second-order valence-corrected chi connectivity index (χ2v) is 7.11. The van der Waals surface area contributed by atoms with Crippen LogP contribution in [-0.4, -0.2) is 33.4 Å². The highest BCUT2D eigenvalue weighted by Crippen LogP contribution is 2.28. The molecule has 0 fully saturated rings. The Morgan fingerprint density at radius 1 is 1.41 bits per heavy atom. The van der Waals surface area contributed by atoms with Gasteiger partial charge in [-0.15, -0.1) is 0 Å². The number of anilines is 1. The Balaban J connectivity index is 1.41. The van der Waals surface area contributed by atoms with E-state index in [4.69, 9.17) is 8.94 Å². The van der Waals surface area contributed by atoms with E-state index in [1.807, 2.05) is 0 Å². The van der Waals surface area contributed by atoms with Gasteiger partial charge in [-0.25, -0.2) is 4.98 Å². The molecule has 27 heavy (non-hydrogen) atoms. The number of fused-ring (bicyclic) bond motifs is 1. The molecule has 4 rings (SSSR count). The van der Waals surface area contributed by atoms with Crippen molar-refractivity contribution in [2.24, 2.45) is 0 Å². The predicted octanol–water partition coefficient (Wildman–Crippen LogP) is 2.88. The number of amides is 2. The molecule has 0 bridgehead atoms. The van der Waals surface area contributed by atoms with Gasteiger partial charge in [-0.1, -0.05) is 16.5 Å². The van der Waals surface area contributed by atoms with E-state index in [0.29, 0.717) is 36.2 Å². The summed E-state index contributed by atoms with van der Waals surface area (Å²) in [6, 6.07) is 5.12. The van der Waals surface area contributed by atoms with Gasteiger partial charge in [-0.05, 0) is 25.1 Å². The maximum absolute atomic E-state index is 12.4. The van der Waals surface area contributed by atoms with E-state index in [2.05, 4.69) is 15.5 Å². The van der Waals surface area contributed by atoms with Crippen LogP contribution in [-0.2, 0) is 17.8 Å². The number of carbonyl (C=O) groups excluding carboxylic acids is 2. The second-order valence-electron chi connectivity index (χ2n) is 6.02. The van der Waals surface area contributed by atoms with Gasteiger partial charge < -0.3 is 13.8 Å². The third-order valence-corrected chi connectivity index (χ3v) is 5.06. The third-order valence-electron chi connectivity index (χ3n) is 4.06. The zero-order chi connectivity index (χ0) is 18.8. The third kappa shape index (κ3) is 3.82. The van der Waals surface area contributed by atoms with Crippen LogP contribution < -0.4 is 5.32 Å². The van der Waals surface area contributed by atoms with Crippen molar-refractivity contribution < 1.29 is 18.5 Å². The smallest absolute Gasteiger partial charge is 0.279 e. The molecule has 0 saturated carbocycles. The average Bonchev–Trinajstić information content (AvgIpc) is 3.39. The van der Waals surface area contributed by atoms with Crippen LogP contribution in [0.3, 0.4) is 0 Å². The lowest BCUT2D eigenvalue weighted by Crippen LogP contribution is -2.34. The molecule has 138 valence electrons. The van der Waals surface area contributed by atoms with Crippen molar-refractivity contribution in [2.45, 2.75) is 19.9 Å². The normalized spacial score (nSPS) is 13.7. The number of furan rings is 1. The van der Waals surface area contributed by atoms with E-state index in [0.717, 1.165) is 10.6 Å². The molecule has 0 unspecified atom stereocenters. The van der Waals surface area contributed by atoms with Crippen LogP contribution in [0.4, 0.5) is 5.13 Å². The minimum Gasteiger partial charge on any atom is -0.465 e. The molecule has 0 spiro atoms. The summed E-state index contributed by atoms with van der Waals surface area (Å²) >= 11 is 1.36. The van der Waals surface area contributed by atoms with E-state index < -0.39 is 0 Å². The van der Waals surface area contributed by atoms with Gasteiger partial charge in [0.25, 0.3) is 5.91 Å². The zero-order valence-electron chi connectivity index (χ0n) is 14.5. The first-order valence-corrected chi connectivity index (χ1v) is 9.14. The Morgan fingerprint density at radius 3 is 3.04 bits per heavy atom. The van der Waals surface area contributed by atoms with Crippen molar-refractivity contribution in [1.82, 2.24) is 15.0 Å². The van der Waals surface area contributed by atoms with Gasteiger partial charge in [0, 0.05) is 30.0 Å². The molecule has 0 atom stereocenters. The zero-order valence-corrected chi connectivity index (χ0v) is 15.3. The van der Waals surface area contributed by atoms with Gasteiger partial charge in [-0.3, -0.25) is 14.9 Å². The highest BCUT2D eigenvalue weighted by molar-refractivity contribution is 7.15. The molecule has 9 heteroatoms. The summed E-state index contributed by atoms with van der Waals surface area (Å²) in [5.74, 6) is 0.739. The number of hydrogen-bond donors (Lipinski definition) is 1. The Kier molecular flexibility index (Phi) is 4.59. The fraction of sp³-hybridized carbons (Fsp3) is 0.222. The Bertz CT molecular complexity index is 1000. The Labute approximate surface area is 158 Å². The Morgan fingerprint density at radius 2 is 2.30 bits per heavy atom. The first-order chi connectivity index (χ1) is 13.1. The fourth-order valence-electron chi connectivity index (χ4n) is 2.72. The number of carbonyl (C=O) groups is 2. The summed E-state index contributed by atoms with van der Waals surface area (Å²) in [6.45, 7) is 2.76. The van der Waals surface area contributed by atoms with Crippen LogP contribution in [0.1, 0.15) is 32.6 Å². The average molecular weight is 384 g/mol. The van der Waals surface area contributed by atoms with Gasteiger partial charge in [0.1, 0.15) is 11.5 Å². The summed E-state index contributed by atoms with van der Waals surface area (Å²) in [5.41, 5.74) is 1.12. The monoisotopic (exact) mass is 384 g/mol. The summed E-state index contributed by atoms with van der Waals surface area (Å²) in [5, 5.41) is 6.92. The number of nitrogens with one attached hydrogen (secondary N) is 1. The molecule has 0 saturated heterocycles. The van der Waals surface area contributed by atoms with Crippen LogP contribution >= 0.6 is 11.3 Å². The summed E-state index contributed by atoms with van der Waals surface area (Å²) < 4.78 is 10.1. The molecule has 3 aromatic heterocycles. The molecule has 1 aliphatic heterocycles. The molecule has 0 aromatic carbocycles. The van der Waals surface area contributed by atoms with Crippen molar-refractivity contribution >= 4 is 34.4 Å². The molecule has 1 aliphatic rings. The lowest BCUT2D eigenvalue weighted by molar-refractivity contribution is -0.126.